The molecule has 186 valence electrons. The van der Waals surface area contributed by atoms with Crippen LogP contribution >= 0.6 is 0 Å². The van der Waals surface area contributed by atoms with Gasteiger partial charge >= 0.3 is 0 Å². The van der Waals surface area contributed by atoms with E-state index in [1.54, 1.807) is 45.6 Å². The molecule has 35 heavy (non-hydrogen) atoms. The molecule has 0 saturated carbocycles. The normalized spacial score (nSPS) is 20.0. The lowest BCUT2D eigenvalue weighted by molar-refractivity contribution is -0.233. The molecule has 1 saturated heterocycles. The Hall–Kier alpha value is -3.41. The number of H-pyrrole nitrogens is 1. The molecule has 0 bridgehead atoms. The minimum atomic E-state index is -0.799. The maximum atomic E-state index is 13.6. The first-order valence-corrected chi connectivity index (χ1v) is 11.2. The molecule has 10 nitrogen and oxygen atoms in total. The zero-order valence-corrected chi connectivity index (χ0v) is 20.2. The molecule has 11 heteroatoms. The number of ether oxygens (including phenoxy) is 3. The monoisotopic (exact) mass is 484 g/mol. The summed E-state index contributed by atoms with van der Waals surface area (Å²) in [5, 5.41) is 3.10. The number of aromatic nitrogens is 4. The van der Waals surface area contributed by atoms with Crippen molar-refractivity contribution in [2.24, 2.45) is 5.41 Å². The van der Waals surface area contributed by atoms with Gasteiger partial charge in [0.05, 0.1) is 42.3 Å². The molecule has 0 spiro atoms. The third kappa shape index (κ3) is 5.47. The second kappa shape index (κ2) is 10.5. The average Bonchev–Trinajstić information content (AvgIpc) is 3.30. The maximum Gasteiger partial charge on any atom is 0.232 e. The zero-order chi connectivity index (χ0) is 25.0. The summed E-state index contributed by atoms with van der Waals surface area (Å²) in [6, 6.07) is 7.79. The van der Waals surface area contributed by atoms with Crippen LogP contribution in [-0.4, -0.2) is 78.3 Å². The minimum Gasteiger partial charge on any atom is -0.383 e. The number of imidazole rings is 1. The van der Waals surface area contributed by atoms with Crippen LogP contribution in [0.1, 0.15) is 19.0 Å². The molecule has 2 N–H and O–H groups in total. The predicted molar refractivity (Wildman–Crippen MR) is 127 cm³/mol. The highest BCUT2D eigenvalue weighted by Gasteiger charge is 2.41. The first-order valence-electron chi connectivity index (χ1n) is 11.2. The number of anilines is 1. The summed E-state index contributed by atoms with van der Waals surface area (Å²) in [5.41, 5.74) is 1.66. The number of nitrogens with one attached hydrogen (secondary N) is 2. The molecule has 1 aliphatic heterocycles. The van der Waals surface area contributed by atoms with Gasteiger partial charge in [0.1, 0.15) is 5.82 Å². The maximum absolute atomic E-state index is 13.6. The van der Waals surface area contributed by atoms with Crippen molar-refractivity contribution >= 4 is 11.9 Å². The topological polar surface area (TPSA) is 114 Å². The van der Waals surface area contributed by atoms with Crippen LogP contribution in [0.2, 0.25) is 0 Å². The van der Waals surface area contributed by atoms with Gasteiger partial charge < -0.3 is 29.4 Å². The van der Waals surface area contributed by atoms with Crippen LogP contribution in [0.15, 0.2) is 36.5 Å². The van der Waals surface area contributed by atoms with Crippen LogP contribution in [-0.2, 0) is 19.0 Å². The van der Waals surface area contributed by atoms with E-state index in [0.717, 1.165) is 0 Å². The number of nitrogens with zero attached hydrogens (tertiary/aromatic N) is 4. The van der Waals surface area contributed by atoms with Gasteiger partial charge in [-0.05, 0) is 37.3 Å². The van der Waals surface area contributed by atoms with Crippen molar-refractivity contribution in [1.82, 2.24) is 24.8 Å². The van der Waals surface area contributed by atoms with Gasteiger partial charge in [-0.3, -0.25) is 4.79 Å². The van der Waals surface area contributed by atoms with Gasteiger partial charge in [-0.25, -0.2) is 19.3 Å². The van der Waals surface area contributed by atoms with Gasteiger partial charge in [0.25, 0.3) is 0 Å². The van der Waals surface area contributed by atoms with Gasteiger partial charge in [-0.1, -0.05) is 0 Å². The molecule has 3 aromatic rings. The van der Waals surface area contributed by atoms with Crippen LogP contribution in [0.3, 0.4) is 0 Å². The van der Waals surface area contributed by atoms with E-state index in [-0.39, 0.29) is 24.9 Å². The predicted octanol–water partition coefficient (Wildman–Crippen LogP) is 2.87. The Morgan fingerprint density at radius 2 is 1.94 bits per heavy atom. The van der Waals surface area contributed by atoms with Gasteiger partial charge in [0.15, 0.2) is 5.82 Å². The van der Waals surface area contributed by atoms with Crippen molar-refractivity contribution < 1.29 is 23.4 Å². The van der Waals surface area contributed by atoms with E-state index in [1.807, 2.05) is 6.92 Å². The smallest absolute Gasteiger partial charge is 0.232 e. The first kappa shape index (κ1) is 24.7. The van der Waals surface area contributed by atoms with Crippen LogP contribution in [0.4, 0.5) is 10.3 Å². The molecule has 1 aromatic carbocycles. The first-order chi connectivity index (χ1) is 16.8. The molecule has 2 aromatic heterocycles. The van der Waals surface area contributed by atoms with Crippen LogP contribution < -0.4 is 5.32 Å². The number of halogens is 1. The summed E-state index contributed by atoms with van der Waals surface area (Å²) in [6.07, 6.45) is 0.838. The van der Waals surface area contributed by atoms with Gasteiger partial charge in [-0.2, -0.15) is 0 Å². The lowest BCUT2D eigenvalue weighted by Gasteiger charge is -2.36. The Morgan fingerprint density at radius 1 is 1.23 bits per heavy atom. The standard InChI is InChI=1S/C24H29FN6O4/c1-24(22(32)31(2)3)13-34-21(35-14-24)20-29-18(15-5-7-16(25)8-6-15)19(30-20)17-9-10-26-23(28-17)27-11-12-33-4/h5-10,21H,11-14H2,1-4H3,(H,29,30)(H,26,27,28). The number of hydrogen-bond donors (Lipinski definition) is 2. The summed E-state index contributed by atoms with van der Waals surface area (Å²) >= 11 is 0. The van der Waals surface area contributed by atoms with E-state index in [1.165, 1.54) is 17.0 Å². The van der Waals surface area contributed by atoms with E-state index >= 15 is 0 Å². The van der Waals surface area contributed by atoms with E-state index in [2.05, 4.69) is 20.3 Å². The second-order valence-corrected chi connectivity index (χ2v) is 8.75. The fraction of sp³-hybridized carbons (Fsp3) is 0.417. The van der Waals surface area contributed by atoms with Crippen molar-refractivity contribution in [3.63, 3.8) is 0 Å². The average molecular weight is 485 g/mol. The van der Waals surface area contributed by atoms with Crippen LogP contribution in [0.5, 0.6) is 0 Å². The molecular formula is C24H29FN6O4. The highest BCUT2D eigenvalue weighted by molar-refractivity contribution is 5.82. The molecule has 0 aliphatic carbocycles. The molecule has 1 amide bonds. The molecular weight excluding hydrogens is 455 g/mol. The number of aromatic amines is 1. The van der Waals surface area contributed by atoms with E-state index in [9.17, 15) is 9.18 Å². The quantitative estimate of drug-likeness (QED) is 0.469. The Bertz CT molecular complexity index is 1160. The molecule has 3 heterocycles. The largest absolute Gasteiger partial charge is 0.383 e. The van der Waals surface area contributed by atoms with Crippen molar-refractivity contribution in [2.75, 3.05) is 52.9 Å². The highest BCUT2D eigenvalue weighted by atomic mass is 19.1. The van der Waals surface area contributed by atoms with Crippen LogP contribution in [0.25, 0.3) is 22.6 Å². The number of hydrogen-bond acceptors (Lipinski definition) is 8. The van der Waals surface area contributed by atoms with Gasteiger partial charge in [0.2, 0.25) is 18.1 Å². The Morgan fingerprint density at radius 3 is 2.60 bits per heavy atom. The third-order valence-electron chi connectivity index (χ3n) is 5.59. The molecule has 0 unspecified atom stereocenters. The van der Waals surface area contributed by atoms with Crippen molar-refractivity contribution in [3.05, 3.63) is 48.2 Å². The Labute approximate surface area is 202 Å². The highest BCUT2D eigenvalue weighted by Crippen LogP contribution is 2.36. The fourth-order valence-electron chi connectivity index (χ4n) is 3.78. The van der Waals surface area contributed by atoms with Crippen molar-refractivity contribution in [1.29, 1.82) is 0 Å². The lowest BCUT2D eigenvalue weighted by Crippen LogP contribution is -2.48. The molecule has 1 fully saturated rings. The summed E-state index contributed by atoms with van der Waals surface area (Å²) < 4.78 is 30.5. The number of benzene rings is 1. The summed E-state index contributed by atoms with van der Waals surface area (Å²) in [6.45, 7) is 3.22. The molecule has 0 radical (unpaired) electrons. The fourth-order valence-corrected chi connectivity index (χ4v) is 3.78. The molecule has 4 rings (SSSR count). The molecule has 0 atom stereocenters. The SMILES string of the molecule is COCCNc1nccc(-c2[nH]c(C3OCC(C)(C(=O)N(C)C)CO3)nc2-c2ccc(F)cc2)n1. The number of carbonyl (C=O) groups is 1. The van der Waals surface area contributed by atoms with E-state index in [4.69, 9.17) is 19.2 Å². The zero-order valence-electron chi connectivity index (χ0n) is 20.2. The number of amides is 1. The van der Waals surface area contributed by atoms with Gasteiger partial charge in [0, 0.05) is 39.5 Å². The summed E-state index contributed by atoms with van der Waals surface area (Å²) in [7, 11) is 5.02. The lowest BCUT2D eigenvalue weighted by atomic mass is 9.90. The number of rotatable bonds is 8. The van der Waals surface area contributed by atoms with Crippen molar-refractivity contribution in [2.45, 2.75) is 13.2 Å². The van der Waals surface area contributed by atoms with Crippen molar-refractivity contribution in [3.8, 4) is 22.6 Å². The third-order valence-corrected chi connectivity index (χ3v) is 5.59. The number of methoxy groups -OCH3 is 1. The van der Waals surface area contributed by atoms with E-state index in [0.29, 0.717) is 47.6 Å². The van der Waals surface area contributed by atoms with Gasteiger partial charge in [-0.15, -0.1) is 0 Å². The van der Waals surface area contributed by atoms with E-state index < -0.39 is 11.7 Å². The van der Waals surface area contributed by atoms with Crippen LogP contribution in [0, 0.1) is 11.2 Å². The minimum absolute atomic E-state index is 0.0717. The Balaban J connectivity index is 1.65. The second-order valence-electron chi connectivity index (χ2n) is 8.75. The summed E-state index contributed by atoms with van der Waals surface area (Å²) in [5.74, 6) is 0.439. The Kier molecular flexibility index (Phi) is 7.39. The molecule has 1 aliphatic rings. The number of carbonyl (C=O) groups excluding carboxylic acids is 1. The summed E-state index contributed by atoms with van der Waals surface area (Å²) in [4.78, 5) is 30.9.